The van der Waals surface area contributed by atoms with Crippen molar-refractivity contribution in [3.05, 3.63) is 65.7 Å². The average Bonchev–Trinajstić information content (AvgIpc) is 2.75. The zero-order valence-corrected chi connectivity index (χ0v) is 15.6. The van der Waals surface area contributed by atoms with E-state index in [1.165, 1.54) is 33.6 Å². The lowest BCUT2D eigenvalue weighted by Crippen LogP contribution is -3.00. The number of benzene rings is 2. The Morgan fingerprint density at radius 1 is 0.818 bits per heavy atom. The molecule has 3 heteroatoms. The van der Waals surface area contributed by atoms with E-state index in [1.807, 2.05) is 0 Å². The van der Waals surface area contributed by atoms with Crippen LogP contribution in [0.4, 0.5) is 0 Å². The summed E-state index contributed by atoms with van der Waals surface area (Å²) in [5.41, 5.74) is 7.55. The Hall–Kier alpha value is -1.62. The number of hydrogen-bond donors (Lipinski definition) is 0. The van der Waals surface area contributed by atoms with Gasteiger partial charge in [-0.05, 0) is 32.0 Å². The molecule has 0 aliphatic rings. The first-order chi connectivity index (χ1) is 10.1. The summed E-state index contributed by atoms with van der Waals surface area (Å²) in [5.74, 6) is 0. The van der Waals surface area contributed by atoms with Crippen molar-refractivity contribution in [2.75, 3.05) is 0 Å². The molecule has 0 bridgehead atoms. The maximum atomic E-state index is 2.27. The van der Waals surface area contributed by atoms with Gasteiger partial charge in [-0.25, -0.2) is 0 Å². The Morgan fingerprint density at radius 2 is 1.36 bits per heavy atom. The third-order valence-corrected chi connectivity index (χ3v) is 4.05. The molecule has 3 rings (SSSR count). The summed E-state index contributed by atoms with van der Waals surface area (Å²) < 4.78 is 4.40. The summed E-state index contributed by atoms with van der Waals surface area (Å²) in [7, 11) is 4.22. The molecule has 0 saturated heterocycles. The number of rotatable bonds is 2. The summed E-state index contributed by atoms with van der Waals surface area (Å²) in [6.45, 7) is 4.27. The van der Waals surface area contributed by atoms with E-state index in [-0.39, 0.29) is 24.0 Å². The van der Waals surface area contributed by atoms with Gasteiger partial charge in [-0.3, -0.25) is 0 Å². The fourth-order valence-electron chi connectivity index (χ4n) is 2.79. The van der Waals surface area contributed by atoms with Crippen LogP contribution in [0.3, 0.4) is 0 Å². The second kappa shape index (κ2) is 6.65. The van der Waals surface area contributed by atoms with Crippen LogP contribution in [0.25, 0.3) is 22.5 Å². The maximum Gasteiger partial charge on any atom is 0.238 e. The molecule has 1 heterocycles. The van der Waals surface area contributed by atoms with Crippen molar-refractivity contribution in [3.63, 3.8) is 0 Å². The van der Waals surface area contributed by atoms with E-state index in [2.05, 4.69) is 91.9 Å². The van der Waals surface area contributed by atoms with Gasteiger partial charge in [0, 0.05) is 17.2 Å². The predicted octanol–water partition coefficient (Wildman–Crippen LogP) is 0.804. The summed E-state index contributed by atoms with van der Waals surface area (Å²) in [6.07, 6.45) is 0. The number of hydrogen-bond acceptors (Lipinski definition) is 0. The van der Waals surface area contributed by atoms with Gasteiger partial charge in [-0.1, -0.05) is 41.5 Å². The van der Waals surface area contributed by atoms with Crippen LogP contribution in [0.5, 0.6) is 0 Å². The molecule has 2 nitrogen and oxygen atoms in total. The Bertz CT molecular complexity index is 737. The lowest BCUT2D eigenvalue weighted by atomic mass is 10.1. The lowest BCUT2D eigenvalue weighted by molar-refractivity contribution is -0.740. The van der Waals surface area contributed by atoms with Gasteiger partial charge in [0.15, 0.2) is 7.05 Å². The van der Waals surface area contributed by atoms with Crippen LogP contribution >= 0.6 is 0 Å². The highest BCUT2D eigenvalue weighted by atomic mass is 127. The number of aromatic nitrogens is 2. The molecule has 0 aliphatic carbocycles. The molecule has 0 fully saturated rings. The van der Waals surface area contributed by atoms with E-state index >= 15 is 0 Å². The first-order valence-electron chi connectivity index (χ1n) is 7.26. The molecule has 0 unspecified atom stereocenters. The largest absolute Gasteiger partial charge is 1.00 e. The summed E-state index contributed by atoms with van der Waals surface area (Å²) in [5, 5.41) is 0. The van der Waals surface area contributed by atoms with Crippen molar-refractivity contribution in [1.29, 1.82) is 0 Å². The molecule has 0 atom stereocenters. The third kappa shape index (κ3) is 3.09. The molecule has 0 amide bonds. The highest BCUT2D eigenvalue weighted by molar-refractivity contribution is 5.67. The van der Waals surface area contributed by atoms with Crippen molar-refractivity contribution in [2.45, 2.75) is 13.8 Å². The SMILES string of the molecule is Cc1cccc(-c2cc(-c3cccc(C)c3)[n+](C)n2C)c1.[I-]. The summed E-state index contributed by atoms with van der Waals surface area (Å²) in [4.78, 5) is 0. The zero-order chi connectivity index (χ0) is 15.0. The van der Waals surface area contributed by atoms with Crippen molar-refractivity contribution in [2.24, 2.45) is 14.1 Å². The van der Waals surface area contributed by atoms with E-state index in [9.17, 15) is 0 Å². The second-order valence-corrected chi connectivity index (χ2v) is 5.70. The zero-order valence-electron chi connectivity index (χ0n) is 13.5. The highest BCUT2D eigenvalue weighted by Gasteiger charge is 2.19. The molecule has 0 spiro atoms. The van der Waals surface area contributed by atoms with Crippen molar-refractivity contribution < 1.29 is 28.7 Å². The van der Waals surface area contributed by atoms with Gasteiger partial charge in [0.05, 0.1) is 7.05 Å². The van der Waals surface area contributed by atoms with Gasteiger partial charge in [0.1, 0.15) is 5.69 Å². The molecule has 0 N–H and O–H groups in total. The standard InChI is InChI=1S/C19H21N2.HI/c1-14-7-5-9-16(11-14)18-13-19(21(4)20(18)3)17-10-6-8-15(2)12-17;/h5-13H,1-4H3;1H/q+1;/p-1. The lowest BCUT2D eigenvalue weighted by Gasteiger charge is -2.01. The molecule has 0 aliphatic heterocycles. The molecule has 2 aromatic carbocycles. The van der Waals surface area contributed by atoms with Crippen LogP contribution in [-0.2, 0) is 14.1 Å². The van der Waals surface area contributed by atoms with E-state index in [4.69, 9.17) is 0 Å². The van der Waals surface area contributed by atoms with E-state index in [0.717, 1.165) is 0 Å². The molecular weight excluding hydrogens is 383 g/mol. The molecule has 0 radical (unpaired) electrons. The van der Waals surface area contributed by atoms with Crippen molar-refractivity contribution in [1.82, 2.24) is 4.68 Å². The first kappa shape index (κ1) is 16.7. The summed E-state index contributed by atoms with van der Waals surface area (Å²) >= 11 is 0. The number of halogens is 1. The Labute approximate surface area is 149 Å². The van der Waals surface area contributed by atoms with Crippen LogP contribution in [0.15, 0.2) is 54.6 Å². The summed E-state index contributed by atoms with van der Waals surface area (Å²) in [6, 6.07) is 19.6. The maximum absolute atomic E-state index is 2.27. The Balaban J connectivity index is 0.00000176. The monoisotopic (exact) mass is 404 g/mol. The molecule has 22 heavy (non-hydrogen) atoms. The molecule has 3 aromatic rings. The fraction of sp³-hybridized carbons (Fsp3) is 0.211. The average molecular weight is 404 g/mol. The minimum Gasteiger partial charge on any atom is -1.00 e. The second-order valence-electron chi connectivity index (χ2n) is 5.70. The van der Waals surface area contributed by atoms with Crippen LogP contribution in [0.2, 0.25) is 0 Å². The van der Waals surface area contributed by atoms with Crippen LogP contribution in [-0.4, -0.2) is 4.68 Å². The van der Waals surface area contributed by atoms with Gasteiger partial charge < -0.3 is 24.0 Å². The van der Waals surface area contributed by atoms with Crippen LogP contribution in [0, 0.1) is 13.8 Å². The molecular formula is C19H21IN2. The normalized spacial score (nSPS) is 10.4. The Kier molecular flexibility index (Phi) is 5.06. The number of aryl methyl sites for hydroxylation is 2. The van der Waals surface area contributed by atoms with Crippen molar-refractivity contribution in [3.8, 4) is 22.5 Å². The van der Waals surface area contributed by atoms with E-state index in [0.29, 0.717) is 0 Å². The van der Waals surface area contributed by atoms with Crippen molar-refractivity contribution >= 4 is 0 Å². The smallest absolute Gasteiger partial charge is 0.238 e. The van der Waals surface area contributed by atoms with Crippen LogP contribution < -0.4 is 28.7 Å². The minimum absolute atomic E-state index is 0. The van der Waals surface area contributed by atoms with E-state index in [1.54, 1.807) is 0 Å². The minimum atomic E-state index is 0. The number of nitrogens with zero attached hydrogens (tertiary/aromatic N) is 2. The quantitative estimate of drug-likeness (QED) is 0.442. The van der Waals surface area contributed by atoms with Gasteiger partial charge >= 0.3 is 0 Å². The van der Waals surface area contributed by atoms with E-state index < -0.39 is 0 Å². The predicted molar refractivity (Wildman–Crippen MR) is 86.9 cm³/mol. The van der Waals surface area contributed by atoms with Gasteiger partial charge in [-0.2, -0.15) is 4.68 Å². The molecule has 1 aromatic heterocycles. The van der Waals surface area contributed by atoms with Crippen LogP contribution in [0.1, 0.15) is 11.1 Å². The van der Waals surface area contributed by atoms with Gasteiger partial charge in [0.2, 0.25) is 5.69 Å². The topological polar surface area (TPSA) is 8.81 Å². The van der Waals surface area contributed by atoms with Gasteiger partial charge in [-0.15, -0.1) is 4.68 Å². The highest BCUT2D eigenvalue weighted by Crippen LogP contribution is 2.25. The fourth-order valence-corrected chi connectivity index (χ4v) is 2.79. The van der Waals surface area contributed by atoms with Gasteiger partial charge in [0.25, 0.3) is 0 Å². The molecule has 0 saturated carbocycles. The third-order valence-electron chi connectivity index (χ3n) is 4.05. The Morgan fingerprint density at radius 3 is 1.95 bits per heavy atom. The first-order valence-corrected chi connectivity index (χ1v) is 7.26. The molecule has 114 valence electrons.